The predicted molar refractivity (Wildman–Crippen MR) is 50.1 cm³/mol. The van der Waals surface area contributed by atoms with Crippen molar-refractivity contribution in [3.63, 3.8) is 0 Å². The van der Waals surface area contributed by atoms with Crippen molar-refractivity contribution in [2.24, 2.45) is 0 Å². The lowest BCUT2D eigenvalue weighted by Gasteiger charge is -2.06. The Hall–Kier alpha value is -0.660. The summed E-state index contributed by atoms with van der Waals surface area (Å²) in [6, 6.07) is 0. The highest BCUT2D eigenvalue weighted by Crippen LogP contribution is 2.31. The van der Waals surface area contributed by atoms with Crippen LogP contribution in [0.2, 0.25) is 5.02 Å². The van der Waals surface area contributed by atoms with Gasteiger partial charge in [0.05, 0.1) is 5.56 Å². The van der Waals surface area contributed by atoms with E-state index >= 15 is 0 Å². The van der Waals surface area contributed by atoms with E-state index in [1.807, 2.05) is 4.98 Å². The van der Waals surface area contributed by atoms with Gasteiger partial charge in [0.25, 0.3) is 21.0 Å². The van der Waals surface area contributed by atoms with Crippen molar-refractivity contribution in [2.45, 2.75) is 11.3 Å². The van der Waals surface area contributed by atoms with E-state index in [2.05, 4.69) is 0 Å². The maximum absolute atomic E-state index is 12.4. The van der Waals surface area contributed by atoms with Gasteiger partial charge in [-0.25, -0.2) is 17.2 Å². The highest BCUT2D eigenvalue weighted by Gasteiger charge is 2.26. The normalized spacial score (nSPS) is 12.1. The maximum Gasteiger partial charge on any atom is 0.267 e. The van der Waals surface area contributed by atoms with Crippen LogP contribution in [-0.2, 0) is 9.05 Å². The van der Waals surface area contributed by atoms with Crippen LogP contribution in [0.5, 0.6) is 0 Å². The fourth-order valence-corrected chi connectivity index (χ4v) is 2.24. The van der Waals surface area contributed by atoms with Gasteiger partial charge in [-0.15, -0.1) is 0 Å². The second-order valence-corrected chi connectivity index (χ2v) is 5.36. The first-order valence-corrected chi connectivity index (χ1v) is 6.07. The molecular formula is C6H3Cl2F2NO3S. The standard InChI is InChI=1S/C6H3Cl2F2NO3S/c7-4-3(5(9)10)2(15(8,13)14)1-11-6(4)12/h1,5H,(H,11,12). The topological polar surface area (TPSA) is 67.0 Å². The molecule has 4 nitrogen and oxygen atoms in total. The monoisotopic (exact) mass is 277 g/mol. The molecule has 0 aliphatic heterocycles. The lowest BCUT2D eigenvalue weighted by atomic mass is 10.3. The van der Waals surface area contributed by atoms with Crippen molar-refractivity contribution < 1.29 is 17.2 Å². The fourth-order valence-electron chi connectivity index (χ4n) is 0.908. The number of hydrogen-bond donors (Lipinski definition) is 1. The van der Waals surface area contributed by atoms with Crippen molar-refractivity contribution in [1.82, 2.24) is 4.98 Å². The second-order valence-electron chi connectivity index (χ2n) is 2.45. The molecule has 0 unspecified atom stereocenters. The van der Waals surface area contributed by atoms with Crippen LogP contribution >= 0.6 is 22.3 Å². The first kappa shape index (κ1) is 12.4. The lowest BCUT2D eigenvalue weighted by molar-refractivity contribution is 0.148. The van der Waals surface area contributed by atoms with Crippen LogP contribution < -0.4 is 5.56 Å². The third-order valence-electron chi connectivity index (χ3n) is 1.52. The van der Waals surface area contributed by atoms with Gasteiger partial charge in [-0.3, -0.25) is 4.79 Å². The van der Waals surface area contributed by atoms with Gasteiger partial charge in [-0.2, -0.15) is 0 Å². The Balaban J connectivity index is 3.70. The molecule has 0 bridgehead atoms. The van der Waals surface area contributed by atoms with Crippen LogP contribution in [0.4, 0.5) is 8.78 Å². The summed E-state index contributed by atoms with van der Waals surface area (Å²) in [6.45, 7) is 0. The van der Waals surface area contributed by atoms with E-state index in [4.69, 9.17) is 22.3 Å². The second kappa shape index (κ2) is 4.07. The van der Waals surface area contributed by atoms with E-state index in [9.17, 15) is 22.0 Å². The molecule has 0 amide bonds. The molecule has 15 heavy (non-hydrogen) atoms. The number of pyridine rings is 1. The quantitative estimate of drug-likeness (QED) is 0.840. The average Bonchev–Trinajstić information content (AvgIpc) is 2.06. The molecule has 9 heteroatoms. The van der Waals surface area contributed by atoms with E-state index in [0.717, 1.165) is 0 Å². The summed E-state index contributed by atoms with van der Waals surface area (Å²) in [5, 5.41) is -0.883. The SMILES string of the molecule is O=c1[nH]cc(S(=O)(=O)Cl)c(C(F)F)c1Cl. The van der Waals surface area contributed by atoms with Crippen LogP contribution in [-0.4, -0.2) is 13.4 Å². The molecule has 0 saturated carbocycles. The molecule has 0 radical (unpaired) electrons. The summed E-state index contributed by atoms with van der Waals surface area (Å²) in [7, 11) is 0.510. The largest absolute Gasteiger partial charge is 0.326 e. The van der Waals surface area contributed by atoms with E-state index in [1.54, 1.807) is 0 Å². The minimum absolute atomic E-state index is 0.581. The molecule has 0 aromatic carbocycles. The number of aromatic nitrogens is 1. The van der Waals surface area contributed by atoms with Crippen LogP contribution in [0.3, 0.4) is 0 Å². The van der Waals surface area contributed by atoms with Gasteiger partial charge >= 0.3 is 0 Å². The Kier molecular flexibility index (Phi) is 3.37. The summed E-state index contributed by atoms with van der Waals surface area (Å²) in [4.78, 5) is 11.9. The third kappa shape index (κ3) is 2.47. The molecule has 1 rings (SSSR count). The summed E-state index contributed by atoms with van der Waals surface area (Å²) in [6.07, 6.45) is -2.62. The van der Waals surface area contributed by atoms with Gasteiger partial charge in [0.15, 0.2) is 0 Å². The van der Waals surface area contributed by atoms with Gasteiger partial charge in [-0.1, -0.05) is 11.6 Å². The highest BCUT2D eigenvalue weighted by molar-refractivity contribution is 8.13. The molecule has 1 aromatic rings. The maximum atomic E-state index is 12.4. The molecule has 0 fully saturated rings. The number of rotatable bonds is 2. The van der Waals surface area contributed by atoms with Gasteiger partial charge in [0.2, 0.25) is 0 Å². The Morgan fingerprint density at radius 2 is 1.93 bits per heavy atom. The van der Waals surface area contributed by atoms with Gasteiger partial charge in [0.1, 0.15) is 9.92 Å². The van der Waals surface area contributed by atoms with Crippen LogP contribution in [0.25, 0.3) is 0 Å². The number of H-pyrrole nitrogens is 1. The lowest BCUT2D eigenvalue weighted by Crippen LogP contribution is -2.12. The summed E-state index contributed by atoms with van der Waals surface area (Å²) in [5.74, 6) is 0. The van der Waals surface area contributed by atoms with E-state index < -0.39 is 36.5 Å². The van der Waals surface area contributed by atoms with Crippen molar-refractivity contribution in [3.8, 4) is 0 Å². The fraction of sp³-hybridized carbons (Fsp3) is 0.167. The van der Waals surface area contributed by atoms with Crippen LogP contribution in [0, 0.1) is 0 Å². The molecule has 84 valence electrons. The Bertz CT molecular complexity index is 540. The zero-order valence-corrected chi connectivity index (χ0v) is 9.13. The van der Waals surface area contributed by atoms with Gasteiger partial charge < -0.3 is 4.98 Å². The smallest absolute Gasteiger partial charge is 0.267 e. The molecule has 0 aliphatic rings. The van der Waals surface area contributed by atoms with E-state index in [1.165, 1.54) is 0 Å². The highest BCUT2D eigenvalue weighted by atomic mass is 35.7. The average molecular weight is 278 g/mol. The van der Waals surface area contributed by atoms with Crippen LogP contribution in [0.1, 0.15) is 12.0 Å². The number of nitrogens with one attached hydrogen (secondary N) is 1. The number of halogens is 4. The number of aromatic amines is 1. The van der Waals surface area contributed by atoms with Crippen molar-refractivity contribution >= 4 is 31.3 Å². The summed E-state index contributed by atoms with van der Waals surface area (Å²) >= 11 is 5.25. The Morgan fingerprint density at radius 1 is 1.40 bits per heavy atom. The Morgan fingerprint density at radius 3 is 2.33 bits per heavy atom. The molecule has 0 atom stereocenters. The number of hydrogen-bond acceptors (Lipinski definition) is 3. The summed E-state index contributed by atoms with van der Waals surface area (Å²) < 4.78 is 46.6. The third-order valence-corrected chi connectivity index (χ3v) is 3.25. The molecule has 0 aliphatic carbocycles. The summed E-state index contributed by atoms with van der Waals surface area (Å²) in [5.41, 5.74) is -2.09. The van der Waals surface area contributed by atoms with Gasteiger partial charge in [-0.05, 0) is 0 Å². The first-order valence-electron chi connectivity index (χ1n) is 3.39. The van der Waals surface area contributed by atoms with E-state index in [0.29, 0.717) is 6.20 Å². The van der Waals surface area contributed by atoms with Crippen molar-refractivity contribution in [2.75, 3.05) is 0 Å². The molecule has 0 saturated heterocycles. The van der Waals surface area contributed by atoms with Gasteiger partial charge in [0, 0.05) is 16.9 Å². The molecule has 1 heterocycles. The molecular weight excluding hydrogens is 275 g/mol. The van der Waals surface area contributed by atoms with Crippen molar-refractivity contribution in [1.29, 1.82) is 0 Å². The molecule has 1 N–H and O–H groups in total. The van der Waals surface area contributed by atoms with E-state index in [-0.39, 0.29) is 0 Å². The zero-order chi connectivity index (χ0) is 11.8. The minimum Gasteiger partial charge on any atom is -0.326 e. The van der Waals surface area contributed by atoms with Crippen LogP contribution in [0.15, 0.2) is 15.9 Å². The van der Waals surface area contributed by atoms with Crippen molar-refractivity contribution in [3.05, 3.63) is 27.1 Å². The first-order chi connectivity index (χ1) is 6.75. The molecule has 0 spiro atoms. The predicted octanol–water partition coefficient (Wildman–Crippen LogP) is 1.89. The molecule has 1 aromatic heterocycles. The zero-order valence-electron chi connectivity index (χ0n) is 6.80. The minimum atomic E-state index is -4.38. The number of alkyl halides is 2. The Labute approximate surface area is 92.2 Å².